The number of pyridine rings is 1. The molecule has 1 heterocycles. The summed E-state index contributed by atoms with van der Waals surface area (Å²) >= 11 is 0. The van der Waals surface area contributed by atoms with Gasteiger partial charge in [-0.1, -0.05) is 6.07 Å². The normalized spacial score (nSPS) is 11.8. The first-order chi connectivity index (χ1) is 9.47. The van der Waals surface area contributed by atoms with Crippen molar-refractivity contribution in [1.82, 2.24) is 4.98 Å². The van der Waals surface area contributed by atoms with Gasteiger partial charge >= 0.3 is 0 Å². The van der Waals surface area contributed by atoms with Crippen LogP contribution in [-0.4, -0.2) is 29.3 Å². The monoisotopic (exact) mass is 292 g/mol. The van der Waals surface area contributed by atoms with E-state index in [4.69, 9.17) is 4.55 Å². The molecule has 0 saturated carbocycles. The minimum atomic E-state index is -4.30. The second-order valence-corrected chi connectivity index (χ2v) is 5.41. The van der Waals surface area contributed by atoms with E-state index in [0.717, 1.165) is 17.8 Å². The van der Waals surface area contributed by atoms with E-state index in [1.165, 1.54) is 12.3 Å². The summed E-state index contributed by atoms with van der Waals surface area (Å²) in [5.41, 5.74) is 0.949. The number of aliphatic imine (C=N–C) groups is 1. The van der Waals surface area contributed by atoms with E-state index in [1.807, 2.05) is 6.07 Å². The lowest BCUT2D eigenvalue weighted by Gasteiger charge is -2.02. The number of hydrogen-bond donors (Lipinski definition) is 2. The zero-order valence-electron chi connectivity index (χ0n) is 10.3. The smallest absolute Gasteiger partial charge is 0.294 e. The first kappa shape index (κ1) is 14.2. The molecule has 104 valence electrons. The SMILES string of the molecule is O=S(=O)(O)c1ccc(O)c(C=NCc2ccccn2)c1. The third-order valence-corrected chi connectivity index (χ3v) is 3.36. The zero-order valence-corrected chi connectivity index (χ0v) is 11.2. The van der Waals surface area contributed by atoms with Crippen molar-refractivity contribution >= 4 is 16.3 Å². The van der Waals surface area contributed by atoms with E-state index < -0.39 is 10.1 Å². The van der Waals surface area contributed by atoms with Gasteiger partial charge in [0.15, 0.2) is 0 Å². The topological polar surface area (TPSA) is 99.9 Å². The zero-order chi connectivity index (χ0) is 14.6. The quantitative estimate of drug-likeness (QED) is 0.659. The lowest BCUT2D eigenvalue weighted by molar-refractivity contribution is 0.472. The number of aromatic nitrogens is 1. The molecule has 2 aromatic rings. The molecule has 1 aromatic heterocycles. The molecule has 1 aromatic carbocycles. The lowest BCUT2D eigenvalue weighted by atomic mass is 10.2. The maximum Gasteiger partial charge on any atom is 0.294 e. The Hall–Kier alpha value is -2.25. The molecule has 0 saturated heterocycles. The van der Waals surface area contributed by atoms with Gasteiger partial charge in [-0.25, -0.2) is 0 Å². The van der Waals surface area contributed by atoms with Gasteiger partial charge < -0.3 is 5.11 Å². The predicted molar refractivity (Wildman–Crippen MR) is 73.5 cm³/mol. The van der Waals surface area contributed by atoms with E-state index in [0.29, 0.717) is 6.54 Å². The summed E-state index contributed by atoms with van der Waals surface area (Å²) in [6.07, 6.45) is 2.97. The fourth-order valence-corrected chi connectivity index (χ4v) is 2.04. The summed E-state index contributed by atoms with van der Waals surface area (Å²) in [5, 5.41) is 9.61. The summed E-state index contributed by atoms with van der Waals surface area (Å²) in [4.78, 5) is 7.85. The van der Waals surface area contributed by atoms with E-state index >= 15 is 0 Å². The van der Waals surface area contributed by atoms with Crippen LogP contribution in [0.2, 0.25) is 0 Å². The van der Waals surface area contributed by atoms with E-state index in [9.17, 15) is 13.5 Å². The van der Waals surface area contributed by atoms with Crippen LogP contribution in [0.5, 0.6) is 5.75 Å². The number of phenolic OH excluding ortho intramolecular Hbond substituents is 1. The van der Waals surface area contributed by atoms with Crippen LogP contribution in [-0.2, 0) is 16.7 Å². The highest BCUT2D eigenvalue weighted by Crippen LogP contribution is 2.19. The Labute approximate surface area is 116 Å². The Morgan fingerprint density at radius 1 is 1.25 bits per heavy atom. The molecule has 0 atom stereocenters. The summed E-state index contributed by atoms with van der Waals surface area (Å²) in [7, 11) is -4.30. The largest absolute Gasteiger partial charge is 0.507 e. The van der Waals surface area contributed by atoms with Crippen molar-refractivity contribution in [2.24, 2.45) is 4.99 Å². The maximum atomic E-state index is 11.0. The van der Waals surface area contributed by atoms with Gasteiger partial charge in [0.2, 0.25) is 0 Å². The number of hydrogen-bond acceptors (Lipinski definition) is 5. The highest BCUT2D eigenvalue weighted by atomic mass is 32.2. The number of rotatable bonds is 4. The molecule has 7 heteroatoms. The van der Waals surface area contributed by atoms with Crippen molar-refractivity contribution in [2.45, 2.75) is 11.4 Å². The minimum absolute atomic E-state index is 0.123. The van der Waals surface area contributed by atoms with Crippen LogP contribution in [0.15, 0.2) is 52.5 Å². The summed E-state index contributed by atoms with van der Waals surface area (Å²) in [5.74, 6) is -0.123. The van der Waals surface area contributed by atoms with Gasteiger partial charge in [0.25, 0.3) is 10.1 Å². The standard InChI is InChI=1S/C13H12N2O4S/c16-13-5-4-12(20(17,18)19)7-10(13)8-14-9-11-3-1-2-6-15-11/h1-8,16H,9H2,(H,17,18,19). The molecular weight excluding hydrogens is 280 g/mol. The van der Waals surface area contributed by atoms with Crippen LogP contribution < -0.4 is 0 Å². The first-order valence-electron chi connectivity index (χ1n) is 5.67. The van der Waals surface area contributed by atoms with E-state index in [1.54, 1.807) is 18.3 Å². The Balaban J connectivity index is 2.21. The maximum absolute atomic E-state index is 11.0. The molecule has 0 bridgehead atoms. The van der Waals surface area contributed by atoms with Crippen LogP contribution in [0, 0.1) is 0 Å². The second kappa shape index (κ2) is 5.81. The molecule has 0 amide bonds. The van der Waals surface area contributed by atoms with Gasteiger partial charge in [-0.15, -0.1) is 0 Å². The molecule has 20 heavy (non-hydrogen) atoms. The fraction of sp³-hybridized carbons (Fsp3) is 0.0769. The van der Waals surface area contributed by atoms with Crippen LogP contribution in [0.25, 0.3) is 0 Å². The molecule has 0 fully saturated rings. The van der Waals surface area contributed by atoms with Crippen LogP contribution in [0.3, 0.4) is 0 Å². The Morgan fingerprint density at radius 3 is 2.70 bits per heavy atom. The number of benzene rings is 1. The molecule has 0 aliphatic heterocycles. The lowest BCUT2D eigenvalue weighted by Crippen LogP contribution is -1.99. The third-order valence-electron chi connectivity index (χ3n) is 2.51. The molecule has 2 rings (SSSR count). The van der Waals surface area contributed by atoms with Gasteiger partial charge in [-0.2, -0.15) is 8.42 Å². The van der Waals surface area contributed by atoms with Gasteiger partial charge in [-0.3, -0.25) is 14.5 Å². The number of aromatic hydroxyl groups is 1. The Bertz CT molecular complexity index is 727. The van der Waals surface area contributed by atoms with Crippen molar-refractivity contribution in [3.05, 3.63) is 53.9 Å². The summed E-state index contributed by atoms with van der Waals surface area (Å²) < 4.78 is 31.0. The first-order valence-corrected chi connectivity index (χ1v) is 7.11. The molecular formula is C13H12N2O4S. The molecule has 0 unspecified atom stereocenters. The average Bonchev–Trinajstić information content (AvgIpc) is 2.41. The van der Waals surface area contributed by atoms with Gasteiger partial charge in [0.1, 0.15) is 5.75 Å². The second-order valence-electron chi connectivity index (χ2n) is 3.99. The molecule has 0 spiro atoms. The molecule has 2 N–H and O–H groups in total. The van der Waals surface area contributed by atoms with Crippen molar-refractivity contribution < 1.29 is 18.1 Å². The van der Waals surface area contributed by atoms with Crippen LogP contribution >= 0.6 is 0 Å². The van der Waals surface area contributed by atoms with Crippen LogP contribution in [0.4, 0.5) is 0 Å². The van der Waals surface area contributed by atoms with Crippen LogP contribution in [0.1, 0.15) is 11.3 Å². The summed E-state index contributed by atoms with van der Waals surface area (Å²) in [6, 6.07) is 8.85. The number of phenols is 1. The van der Waals surface area contributed by atoms with E-state index in [2.05, 4.69) is 9.98 Å². The highest BCUT2D eigenvalue weighted by Gasteiger charge is 2.11. The third kappa shape index (κ3) is 3.62. The molecule has 6 nitrogen and oxygen atoms in total. The van der Waals surface area contributed by atoms with Crippen molar-refractivity contribution in [3.63, 3.8) is 0 Å². The van der Waals surface area contributed by atoms with Gasteiger partial charge in [0, 0.05) is 18.0 Å². The Kier molecular flexibility index (Phi) is 4.11. The van der Waals surface area contributed by atoms with Crippen molar-refractivity contribution in [2.75, 3.05) is 0 Å². The van der Waals surface area contributed by atoms with Gasteiger partial charge in [-0.05, 0) is 30.3 Å². The Morgan fingerprint density at radius 2 is 2.05 bits per heavy atom. The molecule has 0 radical (unpaired) electrons. The number of nitrogens with zero attached hydrogens (tertiary/aromatic N) is 2. The van der Waals surface area contributed by atoms with Crippen molar-refractivity contribution in [1.29, 1.82) is 0 Å². The highest BCUT2D eigenvalue weighted by molar-refractivity contribution is 7.85. The van der Waals surface area contributed by atoms with E-state index in [-0.39, 0.29) is 16.2 Å². The average molecular weight is 292 g/mol. The fourth-order valence-electron chi connectivity index (χ4n) is 1.53. The molecule has 0 aliphatic carbocycles. The summed E-state index contributed by atoms with van der Waals surface area (Å²) in [6.45, 7) is 0.302. The molecule has 0 aliphatic rings. The minimum Gasteiger partial charge on any atom is -0.507 e. The van der Waals surface area contributed by atoms with Gasteiger partial charge in [0.05, 0.1) is 17.1 Å². The predicted octanol–water partition coefficient (Wildman–Crippen LogP) is 1.65. The van der Waals surface area contributed by atoms with Crippen molar-refractivity contribution in [3.8, 4) is 5.75 Å².